The fraction of sp³-hybridized carbons (Fsp3) is 0.684. The highest BCUT2D eigenvalue weighted by Crippen LogP contribution is 2.33. The number of hydrogen-bond donors (Lipinski definition) is 0. The summed E-state index contributed by atoms with van der Waals surface area (Å²) >= 11 is 6.06. The first-order valence-electron chi connectivity index (χ1n) is 9.72. The number of piperazine rings is 1. The van der Waals surface area contributed by atoms with Crippen molar-refractivity contribution in [1.29, 1.82) is 0 Å². The third kappa shape index (κ3) is 5.13. The number of aromatic nitrogens is 1. The first-order chi connectivity index (χ1) is 13.6. The molecule has 3 rings (SSSR count). The van der Waals surface area contributed by atoms with Crippen LogP contribution in [0.5, 0.6) is 0 Å². The van der Waals surface area contributed by atoms with Crippen LogP contribution in [0.4, 0.5) is 19.0 Å². The maximum absolute atomic E-state index is 12.9. The van der Waals surface area contributed by atoms with Crippen LogP contribution in [0.15, 0.2) is 12.3 Å². The molecule has 10 heteroatoms. The van der Waals surface area contributed by atoms with Crippen LogP contribution in [0.2, 0.25) is 5.02 Å². The van der Waals surface area contributed by atoms with Gasteiger partial charge in [-0.2, -0.15) is 13.2 Å². The van der Waals surface area contributed by atoms with Gasteiger partial charge in [0.25, 0.3) is 0 Å². The van der Waals surface area contributed by atoms with Gasteiger partial charge >= 0.3 is 6.18 Å². The van der Waals surface area contributed by atoms with Gasteiger partial charge in [-0.1, -0.05) is 11.6 Å². The fourth-order valence-corrected chi connectivity index (χ4v) is 4.20. The van der Waals surface area contributed by atoms with Crippen molar-refractivity contribution in [2.75, 3.05) is 44.2 Å². The van der Waals surface area contributed by atoms with E-state index in [1.807, 2.05) is 30.6 Å². The van der Waals surface area contributed by atoms with Crippen molar-refractivity contribution in [3.8, 4) is 0 Å². The molecule has 6 nitrogen and oxygen atoms in total. The lowest BCUT2D eigenvalue weighted by molar-refractivity contribution is -0.148. The predicted octanol–water partition coefficient (Wildman–Crippen LogP) is 2.90. The summed E-state index contributed by atoms with van der Waals surface area (Å²) in [7, 11) is 0. The maximum atomic E-state index is 12.9. The molecule has 0 aromatic carbocycles. The highest BCUT2D eigenvalue weighted by Gasteiger charge is 2.34. The van der Waals surface area contributed by atoms with Gasteiger partial charge in [0.2, 0.25) is 5.91 Å². The van der Waals surface area contributed by atoms with Crippen LogP contribution in [0.1, 0.15) is 26.3 Å². The lowest BCUT2D eigenvalue weighted by atomic mass is 10.1. The van der Waals surface area contributed by atoms with E-state index in [9.17, 15) is 18.0 Å². The Morgan fingerprint density at radius 1 is 1.21 bits per heavy atom. The van der Waals surface area contributed by atoms with Gasteiger partial charge in [0.15, 0.2) is 0 Å². The molecule has 2 aliphatic heterocycles. The van der Waals surface area contributed by atoms with E-state index < -0.39 is 11.7 Å². The van der Waals surface area contributed by atoms with Crippen molar-refractivity contribution in [2.24, 2.45) is 0 Å². The third-order valence-electron chi connectivity index (χ3n) is 5.40. The Balaban J connectivity index is 1.59. The largest absolute Gasteiger partial charge is 0.417 e. The van der Waals surface area contributed by atoms with Crippen molar-refractivity contribution in [3.63, 3.8) is 0 Å². The van der Waals surface area contributed by atoms with E-state index in [2.05, 4.69) is 9.88 Å². The highest BCUT2D eigenvalue weighted by molar-refractivity contribution is 6.33. The number of amides is 1. The minimum atomic E-state index is -4.47. The number of carbonyl (C=O) groups excluding carboxylic acids is 1. The lowest BCUT2D eigenvalue weighted by Crippen LogP contribution is -2.57. The average molecular weight is 435 g/mol. The van der Waals surface area contributed by atoms with E-state index in [0.717, 1.165) is 12.3 Å². The standard InChI is InChI=1S/C19H26ClF3N4O2/c1-12-10-27(11-13(2)29-12)18(28)14(3)25-4-6-26(7-5-25)17-16(20)8-15(9-24-17)19(21,22)23/h8-9,12-14H,4-7,10-11H2,1-3H3/t12-,13+,14-/m1/s1. The molecule has 2 aliphatic rings. The van der Waals surface area contributed by atoms with Crippen LogP contribution in [-0.2, 0) is 15.7 Å². The zero-order valence-corrected chi connectivity index (χ0v) is 17.5. The molecule has 3 atom stereocenters. The SMILES string of the molecule is C[C@@H]1CN(C(=O)[C@@H](C)N2CCN(c3ncc(C(F)(F)F)cc3Cl)CC2)C[C@H](C)O1. The zero-order chi connectivity index (χ0) is 21.3. The van der Waals surface area contributed by atoms with Crippen molar-refractivity contribution in [1.82, 2.24) is 14.8 Å². The number of pyridine rings is 1. The molecule has 0 aliphatic carbocycles. The topological polar surface area (TPSA) is 48.9 Å². The molecule has 3 heterocycles. The molecule has 0 spiro atoms. The lowest BCUT2D eigenvalue weighted by Gasteiger charge is -2.41. The number of hydrogen-bond acceptors (Lipinski definition) is 5. The van der Waals surface area contributed by atoms with E-state index in [1.165, 1.54) is 0 Å². The Labute approximate surface area is 173 Å². The summed E-state index contributed by atoms with van der Waals surface area (Å²) in [5.41, 5.74) is -0.863. The molecule has 0 radical (unpaired) electrons. The minimum absolute atomic E-state index is 0.0135. The molecule has 1 aromatic rings. The third-order valence-corrected chi connectivity index (χ3v) is 5.68. The molecule has 1 aromatic heterocycles. The average Bonchev–Trinajstić information content (AvgIpc) is 2.65. The molecule has 2 saturated heterocycles. The number of carbonyl (C=O) groups is 1. The molecule has 0 bridgehead atoms. The Morgan fingerprint density at radius 2 is 1.79 bits per heavy atom. The summed E-state index contributed by atoms with van der Waals surface area (Å²) in [5, 5.41) is -0.0197. The zero-order valence-electron chi connectivity index (χ0n) is 16.7. The van der Waals surface area contributed by atoms with Gasteiger partial charge in [0, 0.05) is 45.5 Å². The Bertz CT molecular complexity index is 731. The normalized spacial score (nSPS) is 25.2. The monoisotopic (exact) mass is 434 g/mol. The molecule has 0 saturated carbocycles. The number of anilines is 1. The van der Waals surface area contributed by atoms with E-state index >= 15 is 0 Å². The number of morpholine rings is 1. The second kappa shape index (κ2) is 8.65. The summed E-state index contributed by atoms with van der Waals surface area (Å²) in [6.45, 7) is 9.24. The van der Waals surface area contributed by atoms with Crippen LogP contribution in [0, 0.1) is 0 Å². The number of alkyl halides is 3. The predicted molar refractivity (Wildman–Crippen MR) is 104 cm³/mol. The Morgan fingerprint density at radius 3 is 2.31 bits per heavy atom. The summed E-state index contributed by atoms with van der Waals surface area (Å²) < 4.78 is 44.1. The molecular formula is C19H26ClF3N4O2. The summed E-state index contributed by atoms with van der Waals surface area (Å²) in [6, 6.07) is 0.633. The first kappa shape index (κ1) is 22.1. The molecule has 1 amide bonds. The van der Waals surface area contributed by atoms with Gasteiger partial charge in [-0.3, -0.25) is 9.69 Å². The van der Waals surface area contributed by atoms with Crippen LogP contribution in [-0.4, -0.2) is 78.2 Å². The van der Waals surface area contributed by atoms with E-state index in [-0.39, 0.29) is 29.2 Å². The summed E-state index contributed by atoms with van der Waals surface area (Å²) in [4.78, 5) is 22.6. The van der Waals surface area contributed by atoms with Gasteiger partial charge in [-0.05, 0) is 26.8 Å². The van der Waals surface area contributed by atoms with Crippen LogP contribution >= 0.6 is 11.6 Å². The van der Waals surface area contributed by atoms with E-state index in [4.69, 9.17) is 16.3 Å². The molecule has 2 fully saturated rings. The Kier molecular flexibility index (Phi) is 6.60. The molecule has 162 valence electrons. The van der Waals surface area contributed by atoms with Gasteiger partial charge in [-0.25, -0.2) is 4.98 Å². The Hall–Kier alpha value is -1.58. The fourth-order valence-electron chi connectivity index (χ4n) is 3.92. The van der Waals surface area contributed by atoms with E-state index in [1.54, 1.807) is 0 Å². The van der Waals surface area contributed by atoms with E-state index in [0.29, 0.717) is 45.1 Å². The summed E-state index contributed by atoms with van der Waals surface area (Å²) in [5.74, 6) is 0.417. The number of halogens is 4. The minimum Gasteiger partial charge on any atom is -0.372 e. The number of ether oxygens (including phenoxy) is 1. The molecule has 29 heavy (non-hydrogen) atoms. The maximum Gasteiger partial charge on any atom is 0.417 e. The quantitative estimate of drug-likeness (QED) is 0.732. The van der Waals surface area contributed by atoms with Crippen molar-refractivity contribution in [2.45, 2.75) is 45.2 Å². The van der Waals surface area contributed by atoms with Crippen molar-refractivity contribution in [3.05, 3.63) is 22.8 Å². The molecule has 0 N–H and O–H groups in total. The number of nitrogens with zero attached hydrogens (tertiary/aromatic N) is 4. The van der Waals surface area contributed by atoms with Gasteiger partial charge in [0.05, 0.1) is 28.8 Å². The van der Waals surface area contributed by atoms with Crippen LogP contribution < -0.4 is 4.90 Å². The van der Waals surface area contributed by atoms with Gasteiger partial charge in [0.1, 0.15) is 5.82 Å². The smallest absolute Gasteiger partial charge is 0.372 e. The molecular weight excluding hydrogens is 409 g/mol. The van der Waals surface area contributed by atoms with Crippen molar-refractivity contribution < 1.29 is 22.7 Å². The molecule has 0 unspecified atom stereocenters. The van der Waals surface area contributed by atoms with Crippen molar-refractivity contribution >= 4 is 23.3 Å². The second-order valence-corrected chi connectivity index (χ2v) is 8.13. The second-order valence-electron chi connectivity index (χ2n) is 7.73. The van der Waals surface area contributed by atoms with Gasteiger partial charge in [-0.15, -0.1) is 0 Å². The first-order valence-corrected chi connectivity index (χ1v) is 10.1. The van der Waals surface area contributed by atoms with Gasteiger partial charge < -0.3 is 14.5 Å². The summed E-state index contributed by atoms with van der Waals surface area (Å²) in [6.07, 6.45) is -3.64. The number of rotatable bonds is 3. The van der Waals surface area contributed by atoms with Crippen LogP contribution in [0.25, 0.3) is 0 Å². The highest BCUT2D eigenvalue weighted by atomic mass is 35.5. The van der Waals surface area contributed by atoms with Crippen LogP contribution in [0.3, 0.4) is 0 Å².